The predicted octanol–water partition coefficient (Wildman–Crippen LogP) is 1.78. The fourth-order valence-electron chi connectivity index (χ4n) is 1.98. The second-order valence-corrected chi connectivity index (χ2v) is 6.72. The summed E-state index contributed by atoms with van der Waals surface area (Å²) in [5.74, 6) is -0.843. The molecule has 1 rings (SSSR count). The summed E-state index contributed by atoms with van der Waals surface area (Å²) in [5, 5.41) is 11.7. The molecule has 1 unspecified atom stereocenters. The first-order valence-electron chi connectivity index (χ1n) is 6.17. The third-order valence-electron chi connectivity index (χ3n) is 3.27. The lowest BCUT2D eigenvalue weighted by Gasteiger charge is -2.27. The van der Waals surface area contributed by atoms with Gasteiger partial charge in [0, 0.05) is 23.9 Å². The number of carboxylic acid groups (broad SMARTS) is 1. The third kappa shape index (κ3) is 4.40. The Hall–Kier alpha value is -0.910. The third-order valence-corrected chi connectivity index (χ3v) is 4.52. The van der Waals surface area contributed by atoms with Crippen LogP contribution in [0.4, 0.5) is 4.79 Å². The van der Waals surface area contributed by atoms with Gasteiger partial charge in [0.1, 0.15) is 0 Å². The molecule has 0 spiro atoms. The zero-order valence-corrected chi connectivity index (χ0v) is 12.0. The van der Waals surface area contributed by atoms with Crippen molar-refractivity contribution in [2.45, 2.75) is 43.9 Å². The van der Waals surface area contributed by atoms with Gasteiger partial charge in [0.05, 0.1) is 6.42 Å². The van der Waals surface area contributed by atoms with Gasteiger partial charge in [0.2, 0.25) is 0 Å². The van der Waals surface area contributed by atoms with Gasteiger partial charge in [-0.25, -0.2) is 4.79 Å². The highest BCUT2D eigenvalue weighted by Crippen LogP contribution is 2.22. The number of carbonyl (C=O) groups is 2. The van der Waals surface area contributed by atoms with Crippen LogP contribution in [0.25, 0.3) is 0 Å². The van der Waals surface area contributed by atoms with Crippen molar-refractivity contribution in [3.8, 4) is 0 Å². The Balaban J connectivity index is 2.48. The highest BCUT2D eigenvalue weighted by molar-refractivity contribution is 7.99. The Bertz CT molecular complexity index is 320. The molecule has 2 N–H and O–H groups in total. The van der Waals surface area contributed by atoms with Crippen molar-refractivity contribution in [3.05, 3.63) is 0 Å². The quantitative estimate of drug-likeness (QED) is 0.801. The van der Waals surface area contributed by atoms with E-state index in [-0.39, 0.29) is 23.2 Å². The lowest BCUT2D eigenvalue weighted by atomic mass is 10.1. The van der Waals surface area contributed by atoms with Gasteiger partial charge in [-0.05, 0) is 32.9 Å². The largest absolute Gasteiger partial charge is 0.481 e. The predicted molar refractivity (Wildman–Crippen MR) is 73.0 cm³/mol. The summed E-state index contributed by atoms with van der Waals surface area (Å²) in [4.78, 5) is 24.4. The molecular formula is C12H22N2O3S. The molecular weight excluding hydrogens is 252 g/mol. The summed E-state index contributed by atoms with van der Waals surface area (Å²) in [5.41, 5.74) is 0. The summed E-state index contributed by atoms with van der Waals surface area (Å²) in [6.07, 6.45) is 3.72. The molecule has 5 nitrogen and oxygen atoms in total. The van der Waals surface area contributed by atoms with Gasteiger partial charge < -0.3 is 15.3 Å². The van der Waals surface area contributed by atoms with E-state index >= 15 is 0 Å². The standard InChI is InChI=1S/C12H22N2O3S/c1-12(2,18-3)8-13-11(17)14-6-4-5-9(14)7-10(15)16/h9H,4-8H2,1-3H3,(H,13,17)(H,15,16). The second kappa shape index (κ2) is 6.31. The van der Waals surface area contributed by atoms with Crippen molar-refractivity contribution < 1.29 is 14.7 Å². The first-order valence-corrected chi connectivity index (χ1v) is 7.39. The molecule has 0 saturated carbocycles. The van der Waals surface area contributed by atoms with Gasteiger partial charge in [-0.1, -0.05) is 0 Å². The van der Waals surface area contributed by atoms with Gasteiger partial charge >= 0.3 is 12.0 Å². The average molecular weight is 274 g/mol. The van der Waals surface area contributed by atoms with Crippen LogP contribution in [0, 0.1) is 0 Å². The van der Waals surface area contributed by atoms with E-state index < -0.39 is 5.97 Å². The number of aliphatic carboxylic acids is 1. The Morgan fingerprint density at radius 2 is 2.17 bits per heavy atom. The molecule has 0 aliphatic carbocycles. The van der Waals surface area contributed by atoms with Crippen molar-refractivity contribution in [1.82, 2.24) is 10.2 Å². The highest BCUT2D eigenvalue weighted by Gasteiger charge is 2.31. The lowest BCUT2D eigenvalue weighted by molar-refractivity contribution is -0.137. The number of hydrogen-bond donors (Lipinski definition) is 2. The lowest BCUT2D eigenvalue weighted by Crippen LogP contribution is -2.46. The van der Waals surface area contributed by atoms with E-state index in [4.69, 9.17) is 5.11 Å². The number of nitrogens with one attached hydrogen (secondary N) is 1. The topological polar surface area (TPSA) is 69.6 Å². The van der Waals surface area contributed by atoms with Crippen LogP contribution in [0.2, 0.25) is 0 Å². The minimum absolute atomic E-state index is 0.00230. The fourth-order valence-corrected chi connectivity index (χ4v) is 2.20. The van der Waals surface area contributed by atoms with E-state index in [0.717, 1.165) is 12.8 Å². The molecule has 0 aromatic rings. The van der Waals surface area contributed by atoms with Gasteiger partial charge in [0.25, 0.3) is 0 Å². The second-order valence-electron chi connectivity index (χ2n) is 5.21. The van der Waals surface area contributed by atoms with Gasteiger partial charge in [-0.2, -0.15) is 11.8 Å². The Labute approximate surface area is 112 Å². The molecule has 0 bridgehead atoms. The number of urea groups is 1. The minimum Gasteiger partial charge on any atom is -0.481 e. The molecule has 1 fully saturated rings. The average Bonchev–Trinajstić information content (AvgIpc) is 2.73. The van der Waals surface area contributed by atoms with Crippen molar-refractivity contribution >= 4 is 23.8 Å². The number of thioether (sulfide) groups is 1. The summed E-state index contributed by atoms with van der Waals surface area (Å²) in [6.45, 7) is 5.38. The van der Waals surface area contributed by atoms with Crippen molar-refractivity contribution in [2.24, 2.45) is 0 Å². The van der Waals surface area contributed by atoms with Crippen molar-refractivity contribution in [1.29, 1.82) is 0 Å². The highest BCUT2D eigenvalue weighted by atomic mass is 32.2. The van der Waals surface area contributed by atoms with E-state index in [1.165, 1.54) is 0 Å². The minimum atomic E-state index is -0.843. The Morgan fingerprint density at radius 3 is 2.72 bits per heavy atom. The smallest absolute Gasteiger partial charge is 0.317 e. The number of carboxylic acids is 1. The summed E-state index contributed by atoms with van der Waals surface area (Å²) >= 11 is 1.70. The maximum absolute atomic E-state index is 12.0. The molecule has 0 radical (unpaired) electrons. The number of hydrogen-bond acceptors (Lipinski definition) is 3. The zero-order chi connectivity index (χ0) is 13.8. The van der Waals surface area contributed by atoms with E-state index in [0.29, 0.717) is 13.1 Å². The van der Waals surface area contributed by atoms with Gasteiger partial charge in [0.15, 0.2) is 0 Å². The Kier molecular flexibility index (Phi) is 5.31. The number of amides is 2. The molecule has 1 heterocycles. The van der Waals surface area contributed by atoms with E-state index in [9.17, 15) is 9.59 Å². The van der Waals surface area contributed by atoms with Crippen LogP contribution in [0.5, 0.6) is 0 Å². The van der Waals surface area contributed by atoms with Crippen LogP contribution in [-0.4, -0.2) is 52.1 Å². The summed E-state index contributed by atoms with van der Waals surface area (Å²) in [7, 11) is 0. The first-order chi connectivity index (χ1) is 8.35. The molecule has 18 heavy (non-hydrogen) atoms. The maximum Gasteiger partial charge on any atom is 0.317 e. The van der Waals surface area contributed by atoms with Crippen LogP contribution in [0.1, 0.15) is 33.1 Å². The van der Waals surface area contributed by atoms with Gasteiger partial charge in [-0.3, -0.25) is 4.79 Å². The van der Waals surface area contributed by atoms with Crippen molar-refractivity contribution in [2.75, 3.05) is 19.3 Å². The van der Waals surface area contributed by atoms with Crippen molar-refractivity contribution in [3.63, 3.8) is 0 Å². The number of nitrogens with zero attached hydrogens (tertiary/aromatic N) is 1. The Morgan fingerprint density at radius 1 is 1.50 bits per heavy atom. The molecule has 6 heteroatoms. The van der Waals surface area contributed by atoms with Crippen LogP contribution < -0.4 is 5.32 Å². The van der Waals surface area contributed by atoms with Crippen LogP contribution in [0.3, 0.4) is 0 Å². The summed E-state index contributed by atoms with van der Waals surface area (Å²) < 4.78 is -0.00230. The van der Waals surface area contributed by atoms with Crippen LogP contribution >= 0.6 is 11.8 Å². The normalized spacial score (nSPS) is 19.9. The molecule has 0 aromatic heterocycles. The summed E-state index contributed by atoms with van der Waals surface area (Å²) in [6, 6.07) is -0.291. The molecule has 1 aliphatic heterocycles. The molecule has 1 saturated heterocycles. The van der Waals surface area contributed by atoms with Crippen LogP contribution in [0.15, 0.2) is 0 Å². The number of rotatable bonds is 5. The zero-order valence-electron chi connectivity index (χ0n) is 11.2. The van der Waals surface area contributed by atoms with E-state index in [1.54, 1.807) is 16.7 Å². The first kappa shape index (κ1) is 15.1. The number of carbonyl (C=O) groups excluding carboxylic acids is 1. The molecule has 1 atom stereocenters. The van der Waals surface area contributed by atoms with Gasteiger partial charge in [-0.15, -0.1) is 0 Å². The molecule has 0 aromatic carbocycles. The molecule has 1 aliphatic rings. The molecule has 2 amide bonds. The van der Waals surface area contributed by atoms with E-state index in [2.05, 4.69) is 19.2 Å². The monoisotopic (exact) mass is 274 g/mol. The fraction of sp³-hybridized carbons (Fsp3) is 0.833. The van der Waals surface area contributed by atoms with E-state index in [1.807, 2.05) is 6.26 Å². The van der Waals surface area contributed by atoms with Crippen LogP contribution in [-0.2, 0) is 4.79 Å². The number of likely N-dealkylation sites (tertiary alicyclic amines) is 1. The maximum atomic E-state index is 12.0. The molecule has 104 valence electrons. The SMILES string of the molecule is CSC(C)(C)CNC(=O)N1CCCC1CC(=O)O.